The van der Waals surface area contributed by atoms with Crippen molar-refractivity contribution >= 4 is 0 Å². The largest absolute Gasteiger partial charge is 0.380 e. The predicted octanol–water partition coefficient (Wildman–Crippen LogP) is 2.34. The summed E-state index contributed by atoms with van der Waals surface area (Å²) in [6.07, 6.45) is 1.23. The van der Waals surface area contributed by atoms with Crippen LogP contribution in [0.3, 0.4) is 0 Å². The molecule has 0 aliphatic carbocycles. The van der Waals surface area contributed by atoms with E-state index in [-0.39, 0.29) is 12.1 Å². The second-order valence-electron chi connectivity index (χ2n) is 5.16. The minimum Gasteiger partial charge on any atom is -0.380 e. The summed E-state index contributed by atoms with van der Waals surface area (Å²) in [5.74, 6) is -1.54. The van der Waals surface area contributed by atoms with Crippen molar-refractivity contribution in [2.75, 3.05) is 33.3 Å². The normalized spacial score (nSPS) is 21.3. The average Bonchev–Trinajstić information content (AvgIpc) is 2.89. The first kappa shape index (κ1) is 15.4. The fourth-order valence-corrected chi connectivity index (χ4v) is 2.72. The summed E-state index contributed by atoms with van der Waals surface area (Å²) in [7, 11) is 1.71. The molecule has 112 valence electrons. The van der Waals surface area contributed by atoms with Crippen LogP contribution in [0.1, 0.15) is 24.9 Å². The highest BCUT2D eigenvalue weighted by molar-refractivity contribution is 5.23. The Bertz CT molecular complexity index is 442. The fraction of sp³-hybridized carbons (Fsp3) is 0.600. The summed E-state index contributed by atoms with van der Waals surface area (Å²) in [4.78, 5) is 2.23. The standard InChI is InChI=1S/C15H22F2N2O/c1-3-18-14(10-19-8-7-11(9-19)20-2)12-5-4-6-13(16)15(12)17/h4-6,11,14,18H,3,7-10H2,1-2H3. The molecule has 2 rings (SSSR count). The molecule has 1 saturated heterocycles. The van der Waals surface area contributed by atoms with Crippen LogP contribution in [-0.2, 0) is 4.74 Å². The molecule has 3 nitrogen and oxygen atoms in total. The molecule has 20 heavy (non-hydrogen) atoms. The molecule has 0 amide bonds. The molecule has 0 saturated carbocycles. The van der Waals surface area contributed by atoms with Gasteiger partial charge in [0.1, 0.15) is 0 Å². The van der Waals surface area contributed by atoms with Gasteiger partial charge in [-0.1, -0.05) is 19.1 Å². The van der Waals surface area contributed by atoms with E-state index in [0.29, 0.717) is 18.7 Å². The number of ether oxygens (including phenoxy) is 1. The molecule has 1 fully saturated rings. The van der Waals surface area contributed by atoms with Gasteiger partial charge < -0.3 is 10.1 Å². The molecule has 0 aromatic heterocycles. The van der Waals surface area contributed by atoms with E-state index in [4.69, 9.17) is 4.74 Å². The molecule has 1 heterocycles. The molecule has 2 unspecified atom stereocenters. The number of nitrogens with one attached hydrogen (secondary N) is 1. The number of methoxy groups -OCH3 is 1. The number of likely N-dealkylation sites (tertiary alicyclic amines) is 1. The first-order valence-electron chi connectivity index (χ1n) is 7.08. The first-order chi connectivity index (χ1) is 9.65. The summed E-state index contributed by atoms with van der Waals surface area (Å²) in [5.41, 5.74) is 0.396. The van der Waals surface area contributed by atoms with E-state index < -0.39 is 11.6 Å². The molecule has 0 bridgehead atoms. The lowest BCUT2D eigenvalue weighted by atomic mass is 10.1. The number of nitrogens with zero attached hydrogens (tertiary/aromatic N) is 1. The third-order valence-electron chi connectivity index (χ3n) is 3.81. The van der Waals surface area contributed by atoms with Gasteiger partial charge in [0, 0.05) is 38.3 Å². The van der Waals surface area contributed by atoms with Crippen LogP contribution < -0.4 is 5.32 Å². The summed E-state index contributed by atoms with van der Waals surface area (Å²) in [5, 5.41) is 3.24. The summed E-state index contributed by atoms with van der Waals surface area (Å²) in [6, 6.07) is 4.15. The lowest BCUT2D eigenvalue weighted by Crippen LogP contribution is -2.35. The van der Waals surface area contributed by atoms with Crippen LogP contribution in [0.4, 0.5) is 8.78 Å². The van der Waals surface area contributed by atoms with Crippen LogP contribution in [0, 0.1) is 11.6 Å². The maximum Gasteiger partial charge on any atom is 0.163 e. The number of hydrogen-bond acceptors (Lipinski definition) is 3. The molecule has 1 aromatic rings. The molecule has 1 N–H and O–H groups in total. The molecule has 5 heteroatoms. The van der Waals surface area contributed by atoms with E-state index in [1.165, 1.54) is 0 Å². The van der Waals surface area contributed by atoms with E-state index in [0.717, 1.165) is 25.6 Å². The van der Waals surface area contributed by atoms with Crippen molar-refractivity contribution in [3.8, 4) is 0 Å². The molecule has 1 aliphatic heterocycles. The summed E-state index contributed by atoms with van der Waals surface area (Å²) >= 11 is 0. The quantitative estimate of drug-likeness (QED) is 0.868. The van der Waals surface area contributed by atoms with Crippen molar-refractivity contribution in [3.63, 3.8) is 0 Å². The second kappa shape index (κ2) is 7.11. The Hall–Kier alpha value is -1.04. The second-order valence-corrected chi connectivity index (χ2v) is 5.16. The maximum absolute atomic E-state index is 13.9. The Morgan fingerprint density at radius 2 is 2.25 bits per heavy atom. The minimum absolute atomic E-state index is 0.202. The topological polar surface area (TPSA) is 24.5 Å². The van der Waals surface area contributed by atoms with Gasteiger partial charge in [0.05, 0.1) is 6.10 Å². The van der Waals surface area contributed by atoms with Gasteiger partial charge in [-0.2, -0.15) is 0 Å². The van der Waals surface area contributed by atoms with Gasteiger partial charge in [-0.05, 0) is 19.0 Å². The maximum atomic E-state index is 13.9. The van der Waals surface area contributed by atoms with Crippen molar-refractivity contribution in [2.24, 2.45) is 0 Å². The van der Waals surface area contributed by atoms with Gasteiger partial charge in [-0.3, -0.25) is 4.90 Å². The van der Waals surface area contributed by atoms with Crippen LogP contribution >= 0.6 is 0 Å². The molecule has 1 aliphatic rings. The monoisotopic (exact) mass is 284 g/mol. The van der Waals surface area contributed by atoms with Gasteiger partial charge in [0.25, 0.3) is 0 Å². The SMILES string of the molecule is CCNC(CN1CCC(OC)C1)c1cccc(F)c1F. The van der Waals surface area contributed by atoms with Crippen molar-refractivity contribution in [3.05, 3.63) is 35.4 Å². The number of rotatable bonds is 6. The smallest absolute Gasteiger partial charge is 0.163 e. The average molecular weight is 284 g/mol. The van der Waals surface area contributed by atoms with E-state index in [9.17, 15) is 8.78 Å². The number of halogens is 2. The Kier molecular flexibility index (Phi) is 5.46. The van der Waals surface area contributed by atoms with Gasteiger partial charge in [-0.15, -0.1) is 0 Å². The lowest BCUT2D eigenvalue weighted by Gasteiger charge is -2.25. The highest BCUT2D eigenvalue weighted by Crippen LogP contribution is 2.22. The highest BCUT2D eigenvalue weighted by atomic mass is 19.2. The molecular formula is C15H22F2N2O. The van der Waals surface area contributed by atoms with Crippen LogP contribution in [0.15, 0.2) is 18.2 Å². The van der Waals surface area contributed by atoms with Gasteiger partial charge in [0.15, 0.2) is 11.6 Å². The van der Waals surface area contributed by atoms with Crippen molar-refractivity contribution in [1.29, 1.82) is 0 Å². The Morgan fingerprint density at radius 1 is 1.45 bits per heavy atom. The predicted molar refractivity (Wildman–Crippen MR) is 74.6 cm³/mol. The summed E-state index contributed by atoms with van der Waals surface area (Å²) < 4.78 is 32.6. The molecule has 0 radical (unpaired) electrons. The number of benzene rings is 1. The van der Waals surface area contributed by atoms with Gasteiger partial charge in [-0.25, -0.2) is 8.78 Å². The summed E-state index contributed by atoms with van der Waals surface area (Å²) in [6.45, 7) is 5.11. The molecular weight excluding hydrogens is 262 g/mol. The lowest BCUT2D eigenvalue weighted by molar-refractivity contribution is 0.106. The number of likely N-dealkylation sites (N-methyl/N-ethyl adjacent to an activating group) is 1. The molecule has 1 aromatic carbocycles. The van der Waals surface area contributed by atoms with Gasteiger partial charge in [0.2, 0.25) is 0 Å². The number of hydrogen-bond donors (Lipinski definition) is 1. The van der Waals surface area contributed by atoms with E-state index >= 15 is 0 Å². The van der Waals surface area contributed by atoms with Crippen LogP contribution in [0.5, 0.6) is 0 Å². The van der Waals surface area contributed by atoms with Crippen LogP contribution in [0.25, 0.3) is 0 Å². The van der Waals surface area contributed by atoms with Crippen molar-refractivity contribution in [1.82, 2.24) is 10.2 Å². The Morgan fingerprint density at radius 3 is 2.90 bits per heavy atom. The zero-order valence-electron chi connectivity index (χ0n) is 12.0. The third-order valence-corrected chi connectivity index (χ3v) is 3.81. The first-order valence-corrected chi connectivity index (χ1v) is 7.08. The Labute approximate surface area is 118 Å². The van der Waals surface area contributed by atoms with Crippen LogP contribution in [-0.4, -0.2) is 44.3 Å². The Balaban J connectivity index is 2.09. The molecule has 0 spiro atoms. The zero-order chi connectivity index (χ0) is 14.5. The minimum atomic E-state index is -0.790. The van der Waals surface area contributed by atoms with Crippen molar-refractivity contribution < 1.29 is 13.5 Å². The third kappa shape index (κ3) is 3.53. The van der Waals surface area contributed by atoms with E-state index in [1.54, 1.807) is 19.2 Å². The van der Waals surface area contributed by atoms with Crippen LogP contribution in [0.2, 0.25) is 0 Å². The van der Waals surface area contributed by atoms with Gasteiger partial charge >= 0.3 is 0 Å². The van der Waals surface area contributed by atoms with E-state index in [1.807, 2.05) is 6.92 Å². The zero-order valence-corrected chi connectivity index (χ0v) is 12.0. The highest BCUT2D eigenvalue weighted by Gasteiger charge is 2.26. The fourth-order valence-electron chi connectivity index (χ4n) is 2.72. The van der Waals surface area contributed by atoms with E-state index in [2.05, 4.69) is 10.2 Å². The molecule has 2 atom stereocenters. The van der Waals surface area contributed by atoms with Crippen molar-refractivity contribution in [2.45, 2.75) is 25.5 Å².